The molecule has 88 valence electrons. The maximum atomic E-state index is 13.3. The lowest BCUT2D eigenvalue weighted by molar-refractivity contribution is -0.0525. The Morgan fingerprint density at radius 1 is 1.44 bits per heavy atom. The molecular weight excluding hydrogens is 221 g/mol. The van der Waals surface area contributed by atoms with E-state index in [9.17, 15) is 18.0 Å². The van der Waals surface area contributed by atoms with E-state index in [1.165, 1.54) is 13.0 Å². The van der Waals surface area contributed by atoms with Gasteiger partial charge in [-0.3, -0.25) is 4.79 Å². The lowest BCUT2D eigenvalue weighted by atomic mass is 10.0. The molecule has 0 bridgehead atoms. The Hall–Kier alpha value is -1.52. The van der Waals surface area contributed by atoms with Crippen LogP contribution in [-0.2, 0) is 6.42 Å². The van der Waals surface area contributed by atoms with Crippen LogP contribution in [0.2, 0.25) is 0 Å². The predicted octanol–water partition coefficient (Wildman–Crippen LogP) is 3.19. The predicted molar refractivity (Wildman–Crippen MR) is 52.4 cm³/mol. The summed E-state index contributed by atoms with van der Waals surface area (Å²) >= 11 is 0. The van der Waals surface area contributed by atoms with Gasteiger partial charge in [0.25, 0.3) is 0 Å². The van der Waals surface area contributed by atoms with E-state index in [1.54, 1.807) is 6.92 Å². The molecule has 1 rings (SSSR count). The Labute approximate surface area is 91.0 Å². The minimum atomic E-state index is -3.15. The van der Waals surface area contributed by atoms with Gasteiger partial charge in [0.1, 0.15) is 0 Å². The van der Waals surface area contributed by atoms with E-state index in [4.69, 9.17) is 0 Å². The molecule has 1 aromatic rings. The lowest BCUT2D eigenvalue weighted by Gasteiger charge is -2.12. The molecule has 0 radical (unpaired) electrons. The zero-order valence-electron chi connectivity index (χ0n) is 8.89. The number of aryl methyl sites for hydroxylation is 1. The fourth-order valence-corrected chi connectivity index (χ4v) is 1.48. The van der Waals surface area contributed by atoms with Crippen molar-refractivity contribution in [3.63, 3.8) is 0 Å². The van der Waals surface area contributed by atoms with Gasteiger partial charge in [0.05, 0.1) is 5.56 Å². The topological polar surface area (TPSA) is 26.3 Å². The number of alkyl halides is 2. The van der Waals surface area contributed by atoms with Gasteiger partial charge in [-0.05, 0) is 25.0 Å². The van der Waals surface area contributed by atoms with Crippen LogP contribution in [0.4, 0.5) is 13.2 Å². The van der Waals surface area contributed by atoms with Crippen molar-refractivity contribution in [3.8, 4) is 5.75 Å². The summed E-state index contributed by atoms with van der Waals surface area (Å²) in [7, 11) is 0. The van der Waals surface area contributed by atoms with Crippen LogP contribution >= 0.6 is 0 Å². The SMILES string of the molecule is CCc1ccc(F)c(OC(F)F)c1C(C)=O. The minimum absolute atomic E-state index is 0.109. The van der Waals surface area contributed by atoms with Crippen molar-refractivity contribution in [3.05, 3.63) is 29.1 Å². The first kappa shape index (κ1) is 12.5. The van der Waals surface area contributed by atoms with Gasteiger partial charge >= 0.3 is 6.61 Å². The Bertz CT molecular complexity index is 402. The third-order valence-electron chi connectivity index (χ3n) is 2.14. The lowest BCUT2D eigenvalue weighted by Crippen LogP contribution is -2.10. The second kappa shape index (κ2) is 5.01. The molecule has 0 N–H and O–H groups in total. The summed E-state index contributed by atoms with van der Waals surface area (Å²) in [6.07, 6.45) is 0.439. The van der Waals surface area contributed by atoms with E-state index in [2.05, 4.69) is 4.74 Å². The molecule has 0 heterocycles. The number of halogens is 3. The van der Waals surface area contributed by atoms with Gasteiger partial charge in [0, 0.05) is 0 Å². The number of Topliss-reactive ketones (excluding diaryl/α,β-unsaturated/α-hetero) is 1. The Morgan fingerprint density at radius 2 is 2.06 bits per heavy atom. The van der Waals surface area contributed by atoms with Crippen molar-refractivity contribution in [2.75, 3.05) is 0 Å². The van der Waals surface area contributed by atoms with Gasteiger partial charge in [-0.2, -0.15) is 8.78 Å². The molecule has 0 aliphatic carbocycles. The fraction of sp³-hybridized carbons (Fsp3) is 0.364. The second-order valence-electron chi connectivity index (χ2n) is 3.20. The number of carbonyl (C=O) groups is 1. The monoisotopic (exact) mass is 232 g/mol. The summed E-state index contributed by atoms with van der Waals surface area (Å²) in [6, 6.07) is 2.41. The van der Waals surface area contributed by atoms with Gasteiger partial charge < -0.3 is 4.74 Å². The number of carbonyl (C=O) groups excluding carboxylic acids is 1. The number of ether oxygens (including phenoxy) is 1. The van der Waals surface area contributed by atoms with Crippen molar-refractivity contribution in [1.82, 2.24) is 0 Å². The van der Waals surface area contributed by atoms with E-state index in [1.807, 2.05) is 0 Å². The molecule has 5 heteroatoms. The first-order chi connectivity index (χ1) is 7.47. The first-order valence-corrected chi connectivity index (χ1v) is 4.74. The summed E-state index contributed by atoms with van der Waals surface area (Å²) in [6.45, 7) is -0.224. The third kappa shape index (κ3) is 2.53. The van der Waals surface area contributed by atoms with Crippen LogP contribution in [0.15, 0.2) is 12.1 Å². The molecule has 0 aliphatic rings. The van der Waals surface area contributed by atoms with Crippen LogP contribution in [0.5, 0.6) is 5.75 Å². The van der Waals surface area contributed by atoms with Crippen molar-refractivity contribution in [2.45, 2.75) is 26.9 Å². The molecule has 0 aromatic heterocycles. The van der Waals surface area contributed by atoms with Gasteiger partial charge in [0.15, 0.2) is 17.3 Å². The largest absolute Gasteiger partial charge is 0.431 e. The molecule has 0 aliphatic heterocycles. The highest BCUT2D eigenvalue weighted by atomic mass is 19.3. The fourth-order valence-electron chi connectivity index (χ4n) is 1.48. The summed E-state index contributed by atoms with van der Waals surface area (Å²) in [4.78, 5) is 11.3. The number of hydrogen-bond donors (Lipinski definition) is 0. The highest BCUT2D eigenvalue weighted by Crippen LogP contribution is 2.28. The molecule has 0 amide bonds. The highest BCUT2D eigenvalue weighted by Gasteiger charge is 2.20. The smallest absolute Gasteiger partial charge is 0.387 e. The van der Waals surface area contributed by atoms with Crippen LogP contribution in [0.3, 0.4) is 0 Å². The molecule has 0 saturated carbocycles. The van der Waals surface area contributed by atoms with Gasteiger partial charge in [-0.25, -0.2) is 4.39 Å². The van der Waals surface area contributed by atoms with Crippen molar-refractivity contribution in [2.24, 2.45) is 0 Å². The number of ketones is 1. The molecule has 0 unspecified atom stereocenters. The number of rotatable bonds is 4. The van der Waals surface area contributed by atoms with E-state index in [0.717, 1.165) is 6.07 Å². The first-order valence-electron chi connectivity index (χ1n) is 4.74. The molecular formula is C11H11F3O2. The van der Waals surface area contributed by atoms with Gasteiger partial charge in [0.2, 0.25) is 0 Å². The molecule has 0 fully saturated rings. The quantitative estimate of drug-likeness (QED) is 0.745. The van der Waals surface area contributed by atoms with Crippen LogP contribution < -0.4 is 4.74 Å². The normalized spacial score (nSPS) is 10.6. The van der Waals surface area contributed by atoms with Crippen molar-refractivity contribution < 1.29 is 22.7 Å². The Morgan fingerprint density at radius 3 is 2.50 bits per heavy atom. The van der Waals surface area contributed by atoms with Crippen LogP contribution in [0.25, 0.3) is 0 Å². The minimum Gasteiger partial charge on any atom is -0.431 e. The second-order valence-corrected chi connectivity index (χ2v) is 3.20. The van der Waals surface area contributed by atoms with E-state index in [-0.39, 0.29) is 5.56 Å². The highest BCUT2D eigenvalue weighted by molar-refractivity contribution is 5.98. The summed E-state index contributed by atoms with van der Waals surface area (Å²) in [5.41, 5.74) is 0.382. The van der Waals surface area contributed by atoms with Crippen molar-refractivity contribution >= 4 is 5.78 Å². The number of benzene rings is 1. The number of hydrogen-bond acceptors (Lipinski definition) is 2. The summed E-state index contributed by atoms with van der Waals surface area (Å²) in [5, 5.41) is 0. The van der Waals surface area contributed by atoms with Crippen LogP contribution in [-0.4, -0.2) is 12.4 Å². The average Bonchev–Trinajstić information content (AvgIpc) is 2.19. The molecule has 0 spiro atoms. The zero-order chi connectivity index (χ0) is 12.3. The maximum Gasteiger partial charge on any atom is 0.387 e. The summed E-state index contributed by atoms with van der Waals surface area (Å²) < 4.78 is 41.5. The van der Waals surface area contributed by atoms with E-state index in [0.29, 0.717) is 12.0 Å². The summed E-state index contributed by atoms with van der Waals surface area (Å²) in [5.74, 6) is -2.11. The van der Waals surface area contributed by atoms with Gasteiger partial charge in [-0.15, -0.1) is 0 Å². The standard InChI is InChI=1S/C11H11F3O2/c1-3-7-4-5-8(12)10(16-11(13)14)9(7)6(2)15/h4-5,11H,3H2,1-2H3. The van der Waals surface area contributed by atoms with Crippen molar-refractivity contribution in [1.29, 1.82) is 0 Å². The average molecular weight is 232 g/mol. The van der Waals surface area contributed by atoms with Crippen LogP contribution in [0.1, 0.15) is 29.8 Å². The van der Waals surface area contributed by atoms with Crippen LogP contribution in [0, 0.1) is 5.82 Å². The Balaban J connectivity index is 3.35. The maximum absolute atomic E-state index is 13.3. The molecule has 0 saturated heterocycles. The van der Waals surface area contributed by atoms with E-state index >= 15 is 0 Å². The third-order valence-corrected chi connectivity index (χ3v) is 2.14. The molecule has 2 nitrogen and oxygen atoms in total. The molecule has 1 aromatic carbocycles. The molecule has 16 heavy (non-hydrogen) atoms. The molecule has 0 atom stereocenters. The zero-order valence-corrected chi connectivity index (χ0v) is 8.89. The Kier molecular flexibility index (Phi) is 3.93. The van der Waals surface area contributed by atoms with E-state index < -0.39 is 24.0 Å². The van der Waals surface area contributed by atoms with Gasteiger partial charge in [-0.1, -0.05) is 13.0 Å².